The van der Waals surface area contributed by atoms with Crippen molar-refractivity contribution in [3.05, 3.63) is 63.1 Å². The third-order valence-corrected chi connectivity index (χ3v) is 3.88. The van der Waals surface area contributed by atoms with Crippen molar-refractivity contribution in [1.29, 1.82) is 0 Å². The number of carbonyl (C=O) groups excluding carboxylic acids is 1. The second-order valence-electron chi connectivity index (χ2n) is 4.93. The molecule has 1 amide bonds. The summed E-state index contributed by atoms with van der Waals surface area (Å²) in [5.41, 5.74) is 8.70. The molecule has 21 heavy (non-hydrogen) atoms. The molecular weight excluding hydrogens is 307 g/mol. The Morgan fingerprint density at radius 2 is 1.90 bits per heavy atom. The van der Waals surface area contributed by atoms with Crippen molar-refractivity contribution in [2.24, 2.45) is 0 Å². The van der Waals surface area contributed by atoms with Crippen molar-refractivity contribution in [1.82, 2.24) is 5.32 Å². The largest absolute Gasteiger partial charge is 0.398 e. The Morgan fingerprint density at radius 3 is 2.52 bits per heavy atom. The van der Waals surface area contributed by atoms with Gasteiger partial charge < -0.3 is 11.1 Å². The molecular formula is C16H16Cl2N2O. The molecule has 0 saturated heterocycles. The van der Waals surface area contributed by atoms with Crippen molar-refractivity contribution in [2.45, 2.75) is 19.9 Å². The fourth-order valence-electron chi connectivity index (χ4n) is 1.99. The summed E-state index contributed by atoms with van der Waals surface area (Å²) in [7, 11) is 0. The minimum absolute atomic E-state index is 0.194. The van der Waals surface area contributed by atoms with Crippen molar-refractivity contribution in [2.75, 3.05) is 5.73 Å². The van der Waals surface area contributed by atoms with E-state index in [1.807, 2.05) is 19.9 Å². The van der Waals surface area contributed by atoms with E-state index in [0.29, 0.717) is 21.3 Å². The lowest BCUT2D eigenvalue weighted by Crippen LogP contribution is -2.27. The minimum Gasteiger partial charge on any atom is -0.398 e. The fourth-order valence-corrected chi connectivity index (χ4v) is 2.56. The first-order valence-corrected chi connectivity index (χ1v) is 7.26. The van der Waals surface area contributed by atoms with Gasteiger partial charge in [0.1, 0.15) is 0 Å². The average Bonchev–Trinajstić information content (AvgIpc) is 2.41. The van der Waals surface area contributed by atoms with Crippen LogP contribution in [0.5, 0.6) is 0 Å². The number of nitrogen functional groups attached to an aromatic ring is 1. The maximum absolute atomic E-state index is 12.2. The number of carbonyl (C=O) groups is 1. The zero-order chi connectivity index (χ0) is 15.6. The zero-order valence-electron chi connectivity index (χ0n) is 11.8. The van der Waals surface area contributed by atoms with E-state index in [9.17, 15) is 4.79 Å². The van der Waals surface area contributed by atoms with Gasteiger partial charge in [-0.15, -0.1) is 0 Å². The smallest absolute Gasteiger partial charge is 0.251 e. The van der Waals surface area contributed by atoms with Crippen LogP contribution in [0.1, 0.15) is 34.5 Å². The Morgan fingerprint density at radius 1 is 1.19 bits per heavy atom. The second kappa shape index (κ2) is 6.37. The normalized spacial score (nSPS) is 12.0. The number of benzene rings is 2. The average molecular weight is 323 g/mol. The maximum Gasteiger partial charge on any atom is 0.251 e. The number of aryl methyl sites for hydroxylation is 1. The Kier molecular flexibility index (Phi) is 4.76. The van der Waals surface area contributed by atoms with Crippen LogP contribution in [0, 0.1) is 6.92 Å². The summed E-state index contributed by atoms with van der Waals surface area (Å²) < 4.78 is 0. The number of nitrogens with one attached hydrogen (secondary N) is 1. The topological polar surface area (TPSA) is 55.1 Å². The Hall–Kier alpha value is -1.71. The first-order chi connectivity index (χ1) is 9.88. The first-order valence-electron chi connectivity index (χ1n) is 6.50. The predicted molar refractivity (Wildman–Crippen MR) is 87.9 cm³/mol. The molecule has 0 spiro atoms. The number of hydrogen-bond acceptors (Lipinski definition) is 2. The van der Waals surface area contributed by atoms with Gasteiger partial charge in [-0.05, 0) is 49.2 Å². The molecule has 0 radical (unpaired) electrons. The monoisotopic (exact) mass is 322 g/mol. The molecule has 5 heteroatoms. The molecule has 2 aromatic carbocycles. The van der Waals surface area contributed by atoms with Gasteiger partial charge in [0.25, 0.3) is 5.91 Å². The van der Waals surface area contributed by atoms with Gasteiger partial charge in [0.05, 0.1) is 6.04 Å². The molecule has 0 aromatic heterocycles. The van der Waals surface area contributed by atoms with E-state index in [1.165, 1.54) is 0 Å². The molecule has 1 atom stereocenters. The van der Waals surface area contributed by atoms with E-state index >= 15 is 0 Å². The summed E-state index contributed by atoms with van der Waals surface area (Å²) >= 11 is 12.0. The zero-order valence-corrected chi connectivity index (χ0v) is 13.3. The number of rotatable bonds is 3. The van der Waals surface area contributed by atoms with Gasteiger partial charge in [-0.25, -0.2) is 0 Å². The summed E-state index contributed by atoms with van der Waals surface area (Å²) in [5.74, 6) is -0.194. The molecule has 110 valence electrons. The molecule has 0 saturated carbocycles. The van der Waals surface area contributed by atoms with E-state index in [2.05, 4.69) is 5.32 Å². The van der Waals surface area contributed by atoms with E-state index in [4.69, 9.17) is 28.9 Å². The van der Waals surface area contributed by atoms with Crippen LogP contribution >= 0.6 is 23.2 Å². The van der Waals surface area contributed by atoms with Crippen molar-refractivity contribution in [3.63, 3.8) is 0 Å². The second-order valence-corrected chi connectivity index (χ2v) is 5.78. The lowest BCUT2D eigenvalue weighted by Gasteiger charge is -2.16. The van der Waals surface area contributed by atoms with Gasteiger partial charge in [-0.2, -0.15) is 0 Å². The SMILES string of the molecule is Cc1ccc(C(=O)NC(C)c2ccc(Cl)cc2Cl)cc1N. The molecule has 0 aliphatic carbocycles. The summed E-state index contributed by atoms with van der Waals surface area (Å²) in [6, 6.07) is 10.2. The molecule has 0 heterocycles. The predicted octanol–water partition coefficient (Wildman–Crippen LogP) is 4.38. The van der Waals surface area contributed by atoms with Gasteiger partial charge in [0, 0.05) is 21.3 Å². The van der Waals surface area contributed by atoms with Gasteiger partial charge >= 0.3 is 0 Å². The van der Waals surface area contributed by atoms with Crippen LogP contribution in [-0.2, 0) is 0 Å². The van der Waals surface area contributed by atoms with Crippen LogP contribution in [-0.4, -0.2) is 5.91 Å². The van der Waals surface area contributed by atoms with Crippen molar-refractivity contribution < 1.29 is 4.79 Å². The van der Waals surface area contributed by atoms with Gasteiger partial charge in [0.15, 0.2) is 0 Å². The van der Waals surface area contributed by atoms with Crippen LogP contribution in [0.3, 0.4) is 0 Å². The molecule has 3 nitrogen and oxygen atoms in total. The molecule has 0 fully saturated rings. The quantitative estimate of drug-likeness (QED) is 0.824. The summed E-state index contributed by atoms with van der Waals surface area (Å²) in [6.45, 7) is 3.76. The maximum atomic E-state index is 12.2. The summed E-state index contributed by atoms with van der Waals surface area (Å²) in [5, 5.41) is 3.99. The Balaban J connectivity index is 2.16. The van der Waals surface area contributed by atoms with Crippen LogP contribution in [0.25, 0.3) is 0 Å². The number of halogens is 2. The number of amides is 1. The van der Waals surface area contributed by atoms with Gasteiger partial charge in [-0.1, -0.05) is 35.3 Å². The Labute approximate surface area is 134 Å². The molecule has 0 bridgehead atoms. The third-order valence-electron chi connectivity index (χ3n) is 3.32. The van der Waals surface area contributed by atoms with Crippen LogP contribution in [0.4, 0.5) is 5.69 Å². The summed E-state index contributed by atoms with van der Waals surface area (Å²) in [4.78, 5) is 12.2. The van der Waals surface area contributed by atoms with E-state index in [0.717, 1.165) is 11.1 Å². The first kappa shape index (κ1) is 15.7. The van der Waals surface area contributed by atoms with E-state index < -0.39 is 0 Å². The highest BCUT2D eigenvalue weighted by Gasteiger charge is 2.14. The molecule has 3 N–H and O–H groups in total. The number of nitrogens with two attached hydrogens (primary N) is 1. The standard InChI is InChI=1S/C16H16Cl2N2O/c1-9-3-4-11(7-15(9)19)16(21)20-10(2)13-6-5-12(17)8-14(13)18/h3-8,10H,19H2,1-2H3,(H,20,21). The summed E-state index contributed by atoms with van der Waals surface area (Å²) in [6.07, 6.45) is 0. The third kappa shape index (κ3) is 3.69. The molecule has 0 aliphatic heterocycles. The van der Waals surface area contributed by atoms with Crippen LogP contribution < -0.4 is 11.1 Å². The molecule has 2 aromatic rings. The molecule has 2 rings (SSSR count). The van der Waals surface area contributed by atoms with Crippen molar-refractivity contribution >= 4 is 34.8 Å². The lowest BCUT2D eigenvalue weighted by atomic mass is 10.1. The van der Waals surface area contributed by atoms with E-state index in [1.54, 1.807) is 30.3 Å². The highest BCUT2D eigenvalue weighted by molar-refractivity contribution is 6.35. The van der Waals surface area contributed by atoms with Crippen LogP contribution in [0.15, 0.2) is 36.4 Å². The van der Waals surface area contributed by atoms with Gasteiger partial charge in [-0.3, -0.25) is 4.79 Å². The lowest BCUT2D eigenvalue weighted by molar-refractivity contribution is 0.0940. The molecule has 1 unspecified atom stereocenters. The van der Waals surface area contributed by atoms with Crippen LogP contribution in [0.2, 0.25) is 10.0 Å². The minimum atomic E-state index is -0.232. The fraction of sp³-hybridized carbons (Fsp3) is 0.188. The number of hydrogen-bond donors (Lipinski definition) is 2. The Bertz CT molecular complexity index is 686. The highest BCUT2D eigenvalue weighted by atomic mass is 35.5. The number of anilines is 1. The molecule has 0 aliphatic rings. The van der Waals surface area contributed by atoms with E-state index in [-0.39, 0.29) is 11.9 Å². The van der Waals surface area contributed by atoms with Crippen molar-refractivity contribution in [3.8, 4) is 0 Å². The highest BCUT2D eigenvalue weighted by Crippen LogP contribution is 2.26. The van der Waals surface area contributed by atoms with Gasteiger partial charge in [0.2, 0.25) is 0 Å².